The van der Waals surface area contributed by atoms with Gasteiger partial charge in [-0.3, -0.25) is 4.79 Å². The number of hydrogen-bond donors (Lipinski definition) is 1. The van der Waals surface area contributed by atoms with Crippen molar-refractivity contribution < 1.29 is 9.90 Å². The Balaban J connectivity index is 1.97. The van der Waals surface area contributed by atoms with Crippen LogP contribution in [0.5, 0.6) is 0 Å². The van der Waals surface area contributed by atoms with Gasteiger partial charge < -0.3 is 10.0 Å². The Kier molecular flexibility index (Phi) is 4.81. The van der Waals surface area contributed by atoms with Crippen LogP contribution in [0.25, 0.3) is 0 Å². The summed E-state index contributed by atoms with van der Waals surface area (Å²) < 4.78 is 0. The van der Waals surface area contributed by atoms with E-state index in [2.05, 4.69) is 13.8 Å². The monoisotopic (exact) mass is 275 g/mol. The number of benzene rings is 1. The molecule has 110 valence electrons. The van der Waals surface area contributed by atoms with Gasteiger partial charge in [-0.1, -0.05) is 43.7 Å². The van der Waals surface area contributed by atoms with E-state index in [1.54, 1.807) is 0 Å². The molecule has 1 N–H and O–H groups in total. The van der Waals surface area contributed by atoms with Crippen LogP contribution < -0.4 is 0 Å². The molecule has 1 aromatic rings. The van der Waals surface area contributed by atoms with E-state index in [4.69, 9.17) is 0 Å². The van der Waals surface area contributed by atoms with Gasteiger partial charge in [-0.05, 0) is 24.8 Å². The molecule has 1 saturated heterocycles. The van der Waals surface area contributed by atoms with E-state index >= 15 is 0 Å². The summed E-state index contributed by atoms with van der Waals surface area (Å²) in [5, 5.41) is 10.4. The van der Waals surface area contributed by atoms with Gasteiger partial charge in [0, 0.05) is 25.4 Å². The molecule has 3 heteroatoms. The van der Waals surface area contributed by atoms with E-state index in [1.165, 1.54) is 5.56 Å². The first kappa shape index (κ1) is 15.0. The smallest absolute Gasteiger partial charge is 0.223 e. The predicted molar refractivity (Wildman–Crippen MR) is 80.3 cm³/mol. The maximum absolute atomic E-state index is 12.0. The summed E-state index contributed by atoms with van der Waals surface area (Å²) >= 11 is 0. The minimum atomic E-state index is -0.538. The molecule has 0 radical (unpaired) electrons. The van der Waals surface area contributed by atoms with Crippen LogP contribution in [0.2, 0.25) is 0 Å². The second-order valence-electron chi connectivity index (χ2n) is 6.34. The lowest BCUT2D eigenvalue weighted by atomic mass is 9.94. The van der Waals surface area contributed by atoms with Gasteiger partial charge in [0.05, 0.1) is 6.10 Å². The number of aliphatic hydroxyl groups is 1. The van der Waals surface area contributed by atoms with Gasteiger partial charge >= 0.3 is 0 Å². The van der Waals surface area contributed by atoms with Gasteiger partial charge in [-0.2, -0.15) is 0 Å². The van der Waals surface area contributed by atoms with Crippen LogP contribution in [0.4, 0.5) is 0 Å². The molecule has 0 saturated carbocycles. The number of rotatable bonds is 5. The molecule has 2 unspecified atom stereocenters. The molecular weight excluding hydrogens is 250 g/mol. The molecule has 1 fully saturated rings. The Bertz CT molecular complexity index is 453. The number of nitrogens with zero attached hydrogens (tertiary/aromatic N) is 1. The zero-order valence-corrected chi connectivity index (χ0v) is 12.7. The van der Waals surface area contributed by atoms with E-state index in [0.29, 0.717) is 18.9 Å². The van der Waals surface area contributed by atoms with Crippen molar-refractivity contribution in [1.29, 1.82) is 0 Å². The first-order chi connectivity index (χ1) is 9.47. The van der Waals surface area contributed by atoms with E-state index < -0.39 is 6.10 Å². The summed E-state index contributed by atoms with van der Waals surface area (Å²) in [7, 11) is 0. The Hall–Kier alpha value is -1.35. The Morgan fingerprint density at radius 3 is 2.55 bits per heavy atom. The third-order valence-corrected chi connectivity index (χ3v) is 4.09. The summed E-state index contributed by atoms with van der Waals surface area (Å²) in [4.78, 5) is 13.9. The van der Waals surface area contributed by atoms with Crippen molar-refractivity contribution in [2.45, 2.75) is 39.7 Å². The highest BCUT2D eigenvalue weighted by atomic mass is 16.3. The van der Waals surface area contributed by atoms with Crippen LogP contribution in [-0.4, -0.2) is 29.0 Å². The standard InChI is InChI=1S/C17H25NO2/c1-12(2)8-9-18-11-15(10-16(18)19)17(20)14-6-4-13(3)5-7-14/h4-7,12,15,17,20H,8-11H2,1-3H3. The molecule has 2 rings (SSSR count). The Morgan fingerprint density at radius 2 is 1.95 bits per heavy atom. The molecule has 0 spiro atoms. The maximum Gasteiger partial charge on any atom is 0.223 e. The van der Waals surface area contributed by atoms with Crippen LogP contribution in [-0.2, 0) is 4.79 Å². The van der Waals surface area contributed by atoms with Crippen LogP contribution in [0.15, 0.2) is 24.3 Å². The molecule has 20 heavy (non-hydrogen) atoms. The average Bonchev–Trinajstić information content (AvgIpc) is 2.78. The maximum atomic E-state index is 12.0. The highest BCUT2D eigenvalue weighted by Crippen LogP contribution is 2.31. The number of hydrogen-bond acceptors (Lipinski definition) is 2. The van der Waals surface area contributed by atoms with E-state index in [0.717, 1.165) is 18.5 Å². The van der Waals surface area contributed by atoms with Crippen LogP contribution in [0.1, 0.15) is 43.9 Å². The number of amides is 1. The van der Waals surface area contributed by atoms with Gasteiger partial charge in [0.1, 0.15) is 0 Å². The molecule has 1 amide bonds. The highest BCUT2D eigenvalue weighted by molar-refractivity contribution is 5.78. The van der Waals surface area contributed by atoms with Crippen molar-refractivity contribution in [3.05, 3.63) is 35.4 Å². The fourth-order valence-electron chi connectivity index (χ4n) is 2.68. The second kappa shape index (κ2) is 6.40. The molecule has 0 aliphatic carbocycles. The van der Waals surface area contributed by atoms with Gasteiger partial charge in [0.25, 0.3) is 0 Å². The highest BCUT2D eigenvalue weighted by Gasteiger charge is 2.34. The van der Waals surface area contributed by atoms with Crippen molar-refractivity contribution in [2.24, 2.45) is 11.8 Å². The van der Waals surface area contributed by atoms with E-state index in [-0.39, 0.29) is 11.8 Å². The van der Waals surface area contributed by atoms with Crippen molar-refractivity contribution >= 4 is 5.91 Å². The van der Waals surface area contributed by atoms with Gasteiger partial charge in [0.15, 0.2) is 0 Å². The van der Waals surface area contributed by atoms with Crippen molar-refractivity contribution in [2.75, 3.05) is 13.1 Å². The normalized spacial score (nSPS) is 20.8. The van der Waals surface area contributed by atoms with Crippen LogP contribution >= 0.6 is 0 Å². The summed E-state index contributed by atoms with van der Waals surface area (Å²) in [6.45, 7) is 7.86. The third-order valence-electron chi connectivity index (χ3n) is 4.09. The predicted octanol–water partition coefficient (Wildman–Crippen LogP) is 2.92. The summed E-state index contributed by atoms with van der Waals surface area (Å²) in [5.74, 6) is 0.808. The van der Waals surface area contributed by atoms with Crippen LogP contribution in [0, 0.1) is 18.8 Å². The topological polar surface area (TPSA) is 40.5 Å². The summed E-state index contributed by atoms with van der Waals surface area (Å²) in [6.07, 6.45) is 0.954. The quantitative estimate of drug-likeness (QED) is 0.897. The van der Waals surface area contributed by atoms with Crippen molar-refractivity contribution in [3.63, 3.8) is 0 Å². The van der Waals surface area contributed by atoms with Gasteiger partial charge in [0.2, 0.25) is 5.91 Å². The molecule has 2 atom stereocenters. The lowest BCUT2D eigenvalue weighted by molar-refractivity contribution is -0.127. The minimum Gasteiger partial charge on any atom is -0.388 e. The zero-order chi connectivity index (χ0) is 14.7. The number of aliphatic hydroxyl groups excluding tert-OH is 1. The number of aryl methyl sites for hydroxylation is 1. The lowest BCUT2D eigenvalue weighted by Crippen LogP contribution is -2.27. The number of carbonyl (C=O) groups is 1. The van der Waals surface area contributed by atoms with E-state index in [9.17, 15) is 9.90 Å². The van der Waals surface area contributed by atoms with Gasteiger partial charge in [-0.15, -0.1) is 0 Å². The summed E-state index contributed by atoms with van der Waals surface area (Å²) in [6, 6.07) is 7.93. The van der Waals surface area contributed by atoms with Gasteiger partial charge in [-0.25, -0.2) is 0 Å². The molecule has 1 aliphatic rings. The lowest BCUT2D eigenvalue weighted by Gasteiger charge is -2.20. The largest absolute Gasteiger partial charge is 0.388 e. The van der Waals surface area contributed by atoms with Crippen LogP contribution in [0.3, 0.4) is 0 Å². The third kappa shape index (κ3) is 3.60. The molecule has 0 aromatic heterocycles. The van der Waals surface area contributed by atoms with Crippen molar-refractivity contribution in [1.82, 2.24) is 4.90 Å². The average molecular weight is 275 g/mol. The fourth-order valence-corrected chi connectivity index (χ4v) is 2.68. The summed E-state index contributed by atoms with van der Waals surface area (Å²) in [5.41, 5.74) is 2.10. The van der Waals surface area contributed by atoms with Crippen molar-refractivity contribution in [3.8, 4) is 0 Å². The SMILES string of the molecule is Cc1ccc(C(O)C2CC(=O)N(CCC(C)C)C2)cc1. The molecule has 3 nitrogen and oxygen atoms in total. The first-order valence-electron chi connectivity index (χ1n) is 7.49. The first-order valence-corrected chi connectivity index (χ1v) is 7.49. The number of carbonyl (C=O) groups excluding carboxylic acids is 1. The fraction of sp³-hybridized carbons (Fsp3) is 0.588. The second-order valence-corrected chi connectivity index (χ2v) is 6.34. The number of likely N-dealkylation sites (tertiary alicyclic amines) is 1. The Labute approximate surface area is 121 Å². The molecule has 0 bridgehead atoms. The molecular formula is C17H25NO2. The minimum absolute atomic E-state index is 0.0253. The molecule has 1 aromatic carbocycles. The zero-order valence-electron chi connectivity index (χ0n) is 12.7. The molecule has 1 heterocycles. The van der Waals surface area contributed by atoms with E-state index in [1.807, 2.05) is 36.1 Å². The molecule has 1 aliphatic heterocycles. The Morgan fingerprint density at radius 1 is 1.30 bits per heavy atom.